The van der Waals surface area contributed by atoms with Gasteiger partial charge in [0.05, 0.1) is 5.69 Å². The third-order valence-corrected chi connectivity index (χ3v) is 2.56. The summed E-state index contributed by atoms with van der Waals surface area (Å²) in [6, 6.07) is 0.689. The molecular weight excluding hydrogens is 320 g/mol. The van der Waals surface area contributed by atoms with Crippen molar-refractivity contribution in [3.63, 3.8) is 0 Å². The third-order valence-electron chi connectivity index (χ3n) is 1.71. The van der Waals surface area contributed by atoms with Crippen molar-refractivity contribution in [1.82, 2.24) is 4.98 Å². The zero-order valence-electron chi connectivity index (χ0n) is 7.45. The largest absolute Gasteiger partial charge is 0.419 e. The maximum Gasteiger partial charge on any atom is 0.419 e. The van der Waals surface area contributed by atoms with E-state index in [0.717, 1.165) is 0 Å². The Bertz CT molecular complexity index is 393. The van der Waals surface area contributed by atoms with E-state index >= 15 is 0 Å². The predicted octanol–water partition coefficient (Wildman–Crippen LogP) is 4.59. The summed E-state index contributed by atoms with van der Waals surface area (Å²) >= 11 is 8.16. The maximum atomic E-state index is 12.5. The highest BCUT2D eigenvalue weighted by Gasteiger charge is 2.39. The van der Waals surface area contributed by atoms with Crippen LogP contribution < -0.4 is 0 Å². The van der Waals surface area contributed by atoms with Gasteiger partial charge in [-0.3, -0.25) is 0 Å². The minimum atomic E-state index is -4.94. The first-order chi connectivity index (χ1) is 7.27. The molecule has 0 aliphatic rings. The summed E-state index contributed by atoms with van der Waals surface area (Å²) in [4.78, 5) is 3.37. The first-order valence-electron chi connectivity index (χ1n) is 3.88. The lowest BCUT2D eigenvalue weighted by molar-refractivity contribution is -0.139. The van der Waals surface area contributed by atoms with Crippen molar-refractivity contribution in [2.24, 2.45) is 0 Å². The smallest absolute Gasteiger partial charge is 0.240 e. The van der Waals surface area contributed by atoms with Gasteiger partial charge in [0, 0.05) is 10.9 Å². The van der Waals surface area contributed by atoms with Crippen LogP contribution in [0.2, 0.25) is 5.15 Å². The SMILES string of the molecule is FC(F)c1cc(CBr)nc(Cl)c1C(F)(F)F. The molecule has 0 aliphatic heterocycles. The van der Waals surface area contributed by atoms with Crippen molar-refractivity contribution in [1.29, 1.82) is 0 Å². The summed E-state index contributed by atoms with van der Waals surface area (Å²) in [5.74, 6) is 0. The van der Waals surface area contributed by atoms with E-state index in [2.05, 4.69) is 20.9 Å². The molecule has 1 aromatic heterocycles. The van der Waals surface area contributed by atoms with Crippen LogP contribution in [-0.4, -0.2) is 4.98 Å². The average molecular weight is 324 g/mol. The molecule has 0 saturated carbocycles. The molecule has 8 heteroatoms. The summed E-state index contributed by atoms with van der Waals surface area (Å²) < 4.78 is 62.2. The highest BCUT2D eigenvalue weighted by atomic mass is 79.9. The number of hydrogen-bond acceptors (Lipinski definition) is 1. The van der Waals surface area contributed by atoms with Crippen LogP contribution in [0.25, 0.3) is 0 Å². The fourth-order valence-electron chi connectivity index (χ4n) is 1.11. The molecule has 0 saturated heterocycles. The Balaban J connectivity index is 3.46. The molecule has 1 aromatic rings. The third kappa shape index (κ3) is 2.82. The fraction of sp³-hybridized carbons (Fsp3) is 0.375. The second-order valence-electron chi connectivity index (χ2n) is 2.80. The number of hydrogen-bond donors (Lipinski definition) is 0. The molecule has 16 heavy (non-hydrogen) atoms. The number of halogens is 7. The van der Waals surface area contributed by atoms with Crippen molar-refractivity contribution >= 4 is 27.5 Å². The molecule has 0 spiro atoms. The van der Waals surface area contributed by atoms with Crippen LogP contribution in [0, 0.1) is 0 Å². The number of rotatable bonds is 2. The van der Waals surface area contributed by atoms with Gasteiger partial charge >= 0.3 is 6.18 Å². The van der Waals surface area contributed by atoms with Crippen LogP contribution in [0.4, 0.5) is 22.0 Å². The van der Waals surface area contributed by atoms with E-state index in [4.69, 9.17) is 11.6 Å². The number of aromatic nitrogens is 1. The molecule has 0 atom stereocenters. The highest BCUT2D eigenvalue weighted by molar-refractivity contribution is 9.08. The highest BCUT2D eigenvalue weighted by Crippen LogP contribution is 2.40. The Labute approximate surface area is 101 Å². The molecule has 0 amide bonds. The van der Waals surface area contributed by atoms with Crippen LogP contribution in [-0.2, 0) is 11.5 Å². The van der Waals surface area contributed by atoms with Gasteiger partial charge in [-0.1, -0.05) is 27.5 Å². The van der Waals surface area contributed by atoms with E-state index in [9.17, 15) is 22.0 Å². The monoisotopic (exact) mass is 323 g/mol. The van der Waals surface area contributed by atoms with Gasteiger partial charge in [-0.2, -0.15) is 13.2 Å². The van der Waals surface area contributed by atoms with Crippen molar-refractivity contribution in [2.75, 3.05) is 0 Å². The quantitative estimate of drug-likeness (QED) is 0.440. The minimum Gasteiger partial charge on any atom is -0.240 e. The van der Waals surface area contributed by atoms with Gasteiger partial charge in [-0.05, 0) is 6.07 Å². The second kappa shape index (κ2) is 4.83. The van der Waals surface area contributed by atoms with Crippen molar-refractivity contribution < 1.29 is 22.0 Å². The average Bonchev–Trinajstić information content (AvgIpc) is 2.14. The number of nitrogens with zero attached hydrogens (tertiary/aromatic N) is 1. The van der Waals surface area contributed by atoms with Gasteiger partial charge in [0.25, 0.3) is 6.43 Å². The van der Waals surface area contributed by atoms with Crippen LogP contribution >= 0.6 is 27.5 Å². The molecule has 0 aliphatic carbocycles. The Hall–Kier alpha value is -0.430. The van der Waals surface area contributed by atoms with Gasteiger partial charge in [0.2, 0.25) is 0 Å². The van der Waals surface area contributed by atoms with E-state index < -0.39 is 28.9 Å². The minimum absolute atomic E-state index is 0.0216. The lowest BCUT2D eigenvalue weighted by Crippen LogP contribution is -2.12. The molecule has 0 N–H and O–H groups in total. The van der Waals surface area contributed by atoms with Crippen LogP contribution in [0.3, 0.4) is 0 Å². The fourth-order valence-corrected chi connectivity index (χ4v) is 1.72. The van der Waals surface area contributed by atoms with Gasteiger partial charge in [0.15, 0.2) is 0 Å². The molecule has 1 rings (SSSR count). The summed E-state index contributed by atoms with van der Waals surface area (Å²) in [6.07, 6.45) is -8.20. The van der Waals surface area contributed by atoms with Gasteiger partial charge in [0.1, 0.15) is 10.7 Å². The van der Waals surface area contributed by atoms with Gasteiger partial charge < -0.3 is 0 Å². The molecule has 0 radical (unpaired) electrons. The van der Waals surface area contributed by atoms with Crippen molar-refractivity contribution in [3.05, 3.63) is 28.0 Å². The topological polar surface area (TPSA) is 12.9 Å². The Morgan fingerprint density at radius 1 is 1.38 bits per heavy atom. The second-order valence-corrected chi connectivity index (χ2v) is 3.72. The van der Waals surface area contributed by atoms with E-state index in [-0.39, 0.29) is 11.0 Å². The van der Waals surface area contributed by atoms with Crippen LogP contribution in [0.1, 0.15) is 23.2 Å². The Morgan fingerprint density at radius 2 is 1.94 bits per heavy atom. The van der Waals surface area contributed by atoms with E-state index in [1.807, 2.05) is 0 Å². The van der Waals surface area contributed by atoms with Gasteiger partial charge in [-0.25, -0.2) is 13.8 Å². The van der Waals surface area contributed by atoms with Gasteiger partial charge in [-0.15, -0.1) is 0 Å². The molecule has 1 nitrogen and oxygen atoms in total. The standard InChI is InChI=1S/C8H4BrClF5N/c9-2-3-1-4(7(11)12)5(6(10)16-3)8(13,14)15/h1,7H,2H2. The maximum absolute atomic E-state index is 12.5. The summed E-state index contributed by atoms with van der Waals surface area (Å²) in [7, 11) is 0. The lowest BCUT2D eigenvalue weighted by Gasteiger charge is -2.14. The molecule has 0 unspecified atom stereocenters. The summed E-state index contributed by atoms with van der Waals surface area (Å²) in [5, 5.41) is -0.912. The lowest BCUT2D eigenvalue weighted by atomic mass is 10.1. The summed E-state index contributed by atoms with van der Waals surface area (Å²) in [5.41, 5.74) is -2.70. The van der Waals surface area contributed by atoms with Crippen LogP contribution in [0.15, 0.2) is 6.07 Å². The first-order valence-corrected chi connectivity index (χ1v) is 5.38. The van der Waals surface area contributed by atoms with E-state index in [1.54, 1.807) is 0 Å². The molecule has 0 bridgehead atoms. The summed E-state index contributed by atoms with van der Waals surface area (Å²) in [6.45, 7) is 0. The zero-order valence-corrected chi connectivity index (χ0v) is 9.80. The Morgan fingerprint density at radius 3 is 2.31 bits per heavy atom. The molecule has 90 valence electrons. The van der Waals surface area contributed by atoms with Crippen LogP contribution in [0.5, 0.6) is 0 Å². The zero-order chi connectivity index (χ0) is 12.5. The van der Waals surface area contributed by atoms with E-state index in [0.29, 0.717) is 6.07 Å². The Kier molecular flexibility index (Phi) is 4.12. The molecular formula is C8H4BrClF5N. The first kappa shape index (κ1) is 13.6. The molecule has 0 aromatic carbocycles. The number of pyridine rings is 1. The predicted molar refractivity (Wildman–Crippen MR) is 51.8 cm³/mol. The number of alkyl halides is 6. The van der Waals surface area contributed by atoms with Crippen molar-refractivity contribution in [2.45, 2.75) is 17.9 Å². The van der Waals surface area contributed by atoms with E-state index in [1.165, 1.54) is 0 Å². The normalized spacial score (nSPS) is 12.2. The molecule has 1 heterocycles. The van der Waals surface area contributed by atoms with Crippen molar-refractivity contribution in [3.8, 4) is 0 Å². The molecule has 0 fully saturated rings.